The Hall–Kier alpha value is -1.36. The quantitative estimate of drug-likeness (QED) is 0.753. The van der Waals surface area contributed by atoms with E-state index < -0.39 is 0 Å². The molecule has 0 saturated heterocycles. The van der Waals surface area contributed by atoms with Gasteiger partial charge in [0.05, 0.1) is 20.1 Å². The fraction of sp³-hybridized carbons (Fsp3) is 0.429. The molecule has 4 nitrogen and oxygen atoms in total. The molecule has 5 heteroatoms. The van der Waals surface area contributed by atoms with Crippen LogP contribution < -0.4 is 0 Å². The maximum atomic E-state index is 11.6. The second kappa shape index (κ2) is 7.94. The maximum absolute atomic E-state index is 11.6. The first-order valence-corrected chi connectivity index (χ1v) is 6.86. The molecule has 0 atom stereocenters. The summed E-state index contributed by atoms with van der Waals surface area (Å²) >= 11 is 3.43. The highest BCUT2D eigenvalue weighted by atomic mass is 79.9. The largest absolute Gasteiger partial charge is 0.469 e. The van der Waals surface area contributed by atoms with Crippen molar-refractivity contribution in [2.45, 2.75) is 26.2 Å². The Balaban J connectivity index is 2.82. The SMILES string of the molecule is CCOC(=O)Cc1c(Br)cccc1CCC(=O)OC. The van der Waals surface area contributed by atoms with Crippen LogP contribution >= 0.6 is 15.9 Å². The van der Waals surface area contributed by atoms with E-state index in [-0.39, 0.29) is 18.4 Å². The van der Waals surface area contributed by atoms with E-state index in [9.17, 15) is 9.59 Å². The summed E-state index contributed by atoms with van der Waals surface area (Å²) in [6, 6.07) is 5.66. The molecule has 1 aromatic rings. The van der Waals surface area contributed by atoms with Gasteiger partial charge in [-0.05, 0) is 30.5 Å². The molecule has 0 aromatic heterocycles. The number of carbonyl (C=O) groups is 2. The zero-order valence-corrected chi connectivity index (χ0v) is 12.7. The molecule has 0 N–H and O–H groups in total. The average molecular weight is 329 g/mol. The van der Waals surface area contributed by atoms with Gasteiger partial charge in [0.2, 0.25) is 0 Å². The molecule has 0 aliphatic carbocycles. The minimum absolute atomic E-state index is 0.200. The molecule has 0 bridgehead atoms. The number of hydrogen-bond acceptors (Lipinski definition) is 4. The Morgan fingerprint density at radius 3 is 2.63 bits per heavy atom. The van der Waals surface area contributed by atoms with Gasteiger partial charge in [0.1, 0.15) is 0 Å². The second-order valence-corrected chi connectivity index (χ2v) is 4.79. The summed E-state index contributed by atoms with van der Waals surface area (Å²) in [6.07, 6.45) is 1.04. The van der Waals surface area contributed by atoms with E-state index in [1.807, 2.05) is 18.2 Å². The van der Waals surface area contributed by atoms with Gasteiger partial charge in [-0.15, -0.1) is 0 Å². The van der Waals surface area contributed by atoms with E-state index in [2.05, 4.69) is 20.7 Å². The summed E-state index contributed by atoms with van der Waals surface area (Å²) in [7, 11) is 1.36. The number of aryl methyl sites for hydroxylation is 1. The van der Waals surface area contributed by atoms with E-state index in [0.717, 1.165) is 15.6 Å². The molecule has 0 aliphatic heterocycles. The lowest BCUT2D eigenvalue weighted by Crippen LogP contribution is -2.11. The fourth-order valence-electron chi connectivity index (χ4n) is 1.73. The highest BCUT2D eigenvalue weighted by Crippen LogP contribution is 2.23. The highest BCUT2D eigenvalue weighted by Gasteiger charge is 2.13. The summed E-state index contributed by atoms with van der Waals surface area (Å²) in [5.74, 6) is -0.532. The molecule has 0 saturated carbocycles. The topological polar surface area (TPSA) is 52.6 Å². The number of carbonyl (C=O) groups excluding carboxylic acids is 2. The molecule has 0 heterocycles. The molecule has 0 radical (unpaired) electrons. The van der Waals surface area contributed by atoms with Crippen molar-refractivity contribution in [3.8, 4) is 0 Å². The van der Waals surface area contributed by atoms with Crippen molar-refractivity contribution >= 4 is 27.9 Å². The number of benzene rings is 1. The Morgan fingerprint density at radius 2 is 2.00 bits per heavy atom. The number of hydrogen-bond donors (Lipinski definition) is 0. The molecule has 19 heavy (non-hydrogen) atoms. The van der Waals surface area contributed by atoms with Crippen LogP contribution in [0.3, 0.4) is 0 Å². The van der Waals surface area contributed by atoms with Gasteiger partial charge < -0.3 is 9.47 Å². The molecule has 0 aliphatic rings. The first kappa shape index (κ1) is 15.7. The number of methoxy groups -OCH3 is 1. The monoisotopic (exact) mass is 328 g/mol. The zero-order valence-electron chi connectivity index (χ0n) is 11.1. The first-order valence-electron chi connectivity index (χ1n) is 6.07. The van der Waals surface area contributed by atoms with Crippen LogP contribution in [-0.2, 0) is 31.9 Å². The lowest BCUT2D eigenvalue weighted by atomic mass is 10.0. The van der Waals surface area contributed by atoms with Crippen LogP contribution in [-0.4, -0.2) is 25.7 Å². The van der Waals surface area contributed by atoms with Crippen molar-refractivity contribution in [3.63, 3.8) is 0 Å². The van der Waals surface area contributed by atoms with E-state index in [0.29, 0.717) is 19.4 Å². The van der Waals surface area contributed by atoms with Crippen LogP contribution in [0.15, 0.2) is 22.7 Å². The summed E-state index contributed by atoms with van der Waals surface area (Å²) in [5.41, 5.74) is 1.82. The molecular formula is C14H17BrO4. The van der Waals surface area contributed by atoms with Crippen LogP contribution in [0.1, 0.15) is 24.5 Å². The van der Waals surface area contributed by atoms with E-state index in [1.54, 1.807) is 6.92 Å². The Labute approximate surface area is 121 Å². The molecule has 1 rings (SSSR count). The number of rotatable bonds is 6. The minimum atomic E-state index is -0.270. The van der Waals surface area contributed by atoms with Gasteiger partial charge in [0.15, 0.2) is 0 Å². The summed E-state index contributed by atoms with van der Waals surface area (Å²) < 4.78 is 10.4. The van der Waals surface area contributed by atoms with Gasteiger partial charge in [-0.25, -0.2) is 0 Å². The van der Waals surface area contributed by atoms with Crippen molar-refractivity contribution in [1.29, 1.82) is 0 Å². The summed E-state index contributed by atoms with van der Waals surface area (Å²) in [6.45, 7) is 2.14. The van der Waals surface area contributed by atoms with Gasteiger partial charge in [-0.3, -0.25) is 9.59 Å². The van der Waals surface area contributed by atoms with Crippen molar-refractivity contribution in [3.05, 3.63) is 33.8 Å². The standard InChI is InChI=1S/C14H17BrO4/c1-3-19-14(17)9-11-10(5-4-6-12(11)15)7-8-13(16)18-2/h4-6H,3,7-9H2,1-2H3. The Kier molecular flexibility index (Phi) is 6.56. The van der Waals surface area contributed by atoms with Gasteiger partial charge in [0.25, 0.3) is 0 Å². The van der Waals surface area contributed by atoms with Crippen LogP contribution in [0.4, 0.5) is 0 Å². The third kappa shape index (κ3) is 5.03. The summed E-state index contributed by atoms with van der Waals surface area (Å²) in [4.78, 5) is 22.8. The number of ether oxygens (including phenoxy) is 2. The molecule has 1 aromatic carbocycles. The minimum Gasteiger partial charge on any atom is -0.469 e. The van der Waals surface area contributed by atoms with Gasteiger partial charge in [0, 0.05) is 10.9 Å². The third-order valence-electron chi connectivity index (χ3n) is 2.67. The molecule has 0 fully saturated rings. The Morgan fingerprint density at radius 1 is 1.26 bits per heavy atom. The van der Waals surface area contributed by atoms with E-state index in [1.165, 1.54) is 7.11 Å². The van der Waals surface area contributed by atoms with Crippen LogP contribution in [0.5, 0.6) is 0 Å². The molecular weight excluding hydrogens is 312 g/mol. The highest BCUT2D eigenvalue weighted by molar-refractivity contribution is 9.10. The summed E-state index contributed by atoms with van der Waals surface area (Å²) in [5, 5.41) is 0. The zero-order chi connectivity index (χ0) is 14.3. The predicted molar refractivity (Wildman–Crippen MR) is 74.8 cm³/mol. The molecule has 0 spiro atoms. The van der Waals surface area contributed by atoms with Crippen LogP contribution in [0, 0.1) is 0 Å². The predicted octanol–water partition coefficient (Wildman–Crippen LogP) is 2.66. The van der Waals surface area contributed by atoms with Crippen molar-refractivity contribution < 1.29 is 19.1 Å². The molecule has 0 unspecified atom stereocenters. The maximum Gasteiger partial charge on any atom is 0.310 e. The molecule has 0 amide bonds. The molecule has 104 valence electrons. The van der Waals surface area contributed by atoms with Crippen molar-refractivity contribution in [1.82, 2.24) is 0 Å². The fourth-order valence-corrected chi connectivity index (χ4v) is 2.28. The van der Waals surface area contributed by atoms with Gasteiger partial charge >= 0.3 is 11.9 Å². The van der Waals surface area contributed by atoms with Crippen LogP contribution in [0.25, 0.3) is 0 Å². The van der Waals surface area contributed by atoms with Crippen molar-refractivity contribution in [2.75, 3.05) is 13.7 Å². The number of esters is 2. The van der Waals surface area contributed by atoms with E-state index >= 15 is 0 Å². The lowest BCUT2D eigenvalue weighted by molar-refractivity contribution is -0.142. The number of halogens is 1. The van der Waals surface area contributed by atoms with Gasteiger partial charge in [-0.2, -0.15) is 0 Å². The smallest absolute Gasteiger partial charge is 0.310 e. The van der Waals surface area contributed by atoms with Crippen LogP contribution in [0.2, 0.25) is 0 Å². The van der Waals surface area contributed by atoms with Crippen molar-refractivity contribution in [2.24, 2.45) is 0 Å². The first-order chi connectivity index (χ1) is 9.08. The van der Waals surface area contributed by atoms with E-state index in [4.69, 9.17) is 4.74 Å². The normalized spacial score (nSPS) is 10.1. The Bertz CT molecular complexity index is 457. The second-order valence-electron chi connectivity index (χ2n) is 3.94. The van der Waals surface area contributed by atoms with Gasteiger partial charge in [-0.1, -0.05) is 28.1 Å². The lowest BCUT2D eigenvalue weighted by Gasteiger charge is -2.11. The third-order valence-corrected chi connectivity index (χ3v) is 3.41. The average Bonchev–Trinajstić information content (AvgIpc) is 2.39.